The number of rotatable bonds is 15. The van der Waals surface area contributed by atoms with E-state index < -0.39 is 24.2 Å². The van der Waals surface area contributed by atoms with Crippen LogP contribution in [0.2, 0.25) is 0 Å². The Labute approximate surface area is 247 Å². The Hall–Kier alpha value is -4.17. The van der Waals surface area contributed by atoms with Crippen molar-refractivity contribution in [2.75, 3.05) is 13.2 Å². The van der Waals surface area contributed by atoms with Crippen molar-refractivity contribution < 1.29 is 29.0 Å². The van der Waals surface area contributed by atoms with Crippen LogP contribution >= 0.6 is 0 Å². The van der Waals surface area contributed by atoms with Gasteiger partial charge in [0, 0.05) is 18.9 Å². The zero-order chi connectivity index (χ0) is 29.9. The fourth-order valence-electron chi connectivity index (χ4n) is 5.44. The van der Waals surface area contributed by atoms with Crippen molar-refractivity contribution in [2.24, 2.45) is 5.92 Å². The lowest BCUT2D eigenvalue weighted by Gasteiger charge is -2.22. The molecule has 0 aromatic heterocycles. The fraction of sp³-hybridized carbons (Fsp3) is 0.382. The number of fused-ring (bicyclic) bond motifs is 3. The molecule has 3 unspecified atom stereocenters. The quantitative estimate of drug-likeness (QED) is 0.209. The molecule has 3 atom stereocenters. The van der Waals surface area contributed by atoms with Crippen LogP contribution in [0, 0.1) is 5.92 Å². The van der Waals surface area contributed by atoms with E-state index in [2.05, 4.69) is 34.9 Å². The number of carboxylic acid groups (broad SMARTS) is 1. The van der Waals surface area contributed by atoms with Crippen LogP contribution < -0.4 is 10.6 Å². The minimum Gasteiger partial charge on any atom is -0.480 e. The third-order valence-corrected chi connectivity index (χ3v) is 7.93. The summed E-state index contributed by atoms with van der Waals surface area (Å²) in [5.41, 5.74) is 5.62. The van der Waals surface area contributed by atoms with Crippen LogP contribution in [-0.4, -0.2) is 48.4 Å². The highest BCUT2D eigenvalue weighted by Gasteiger charge is 2.29. The number of nitrogens with one attached hydrogen (secondary N) is 2. The maximum atomic E-state index is 12.6. The van der Waals surface area contributed by atoms with Crippen LogP contribution in [0.4, 0.5) is 4.79 Å². The number of amides is 2. The Morgan fingerprint density at radius 1 is 0.881 bits per heavy atom. The average molecular weight is 573 g/mol. The predicted molar refractivity (Wildman–Crippen MR) is 161 cm³/mol. The van der Waals surface area contributed by atoms with Crippen molar-refractivity contribution in [2.45, 2.75) is 64.2 Å². The monoisotopic (exact) mass is 572 g/mol. The number of benzene rings is 3. The molecule has 0 bridgehead atoms. The van der Waals surface area contributed by atoms with Gasteiger partial charge in [-0.3, -0.25) is 4.79 Å². The first kappa shape index (κ1) is 30.8. The van der Waals surface area contributed by atoms with Crippen molar-refractivity contribution >= 4 is 18.0 Å². The summed E-state index contributed by atoms with van der Waals surface area (Å²) in [5.74, 6) is -1.27. The summed E-state index contributed by atoms with van der Waals surface area (Å²) < 4.78 is 11.3. The maximum absolute atomic E-state index is 12.6. The summed E-state index contributed by atoms with van der Waals surface area (Å²) in [5, 5.41) is 15.1. The first-order chi connectivity index (χ1) is 20.4. The molecule has 0 radical (unpaired) electrons. The van der Waals surface area contributed by atoms with Gasteiger partial charge in [0.1, 0.15) is 6.61 Å². The average Bonchev–Trinajstić information content (AvgIpc) is 3.33. The molecule has 42 heavy (non-hydrogen) atoms. The van der Waals surface area contributed by atoms with Gasteiger partial charge in [-0.25, -0.2) is 9.59 Å². The van der Waals surface area contributed by atoms with Gasteiger partial charge >= 0.3 is 12.1 Å². The molecule has 1 aliphatic rings. The van der Waals surface area contributed by atoms with Gasteiger partial charge in [0.15, 0.2) is 6.04 Å². The van der Waals surface area contributed by atoms with E-state index in [1.807, 2.05) is 61.5 Å². The smallest absolute Gasteiger partial charge is 0.407 e. The Morgan fingerprint density at radius 3 is 2.12 bits per heavy atom. The number of carbonyl (C=O) groups excluding carboxylic acids is 2. The van der Waals surface area contributed by atoms with Crippen LogP contribution in [0.25, 0.3) is 11.1 Å². The lowest BCUT2D eigenvalue weighted by atomic mass is 9.96. The van der Waals surface area contributed by atoms with E-state index in [0.717, 1.165) is 23.1 Å². The van der Waals surface area contributed by atoms with E-state index in [1.165, 1.54) is 11.1 Å². The van der Waals surface area contributed by atoms with Gasteiger partial charge < -0.3 is 25.2 Å². The molecule has 0 saturated carbocycles. The zero-order valence-electron chi connectivity index (χ0n) is 24.3. The number of carbonyl (C=O) groups is 3. The van der Waals surface area contributed by atoms with Crippen molar-refractivity contribution in [3.63, 3.8) is 0 Å². The highest BCUT2D eigenvalue weighted by Crippen LogP contribution is 2.44. The lowest BCUT2D eigenvalue weighted by molar-refractivity contribution is -0.146. The van der Waals surface area contributed by atoms with Gasteiger partial charge in [-0.2, -0.15) is 0 Å². The van der Waals surface area contributed by atoms with Gasteiger partial charge in [0.2, 0.25) is 5.91 Å². The highest BCUT2D eigenvalue weighted by atomic mass is 16.5. The van der Waals surface area contributed by atoms with Gasteiger partial charge in [-0.1, -0.05) is 92.2 Å². The molecule has 0 fully saturated rings. The number of ether oxygens (including phenoxy) is 2. The molecule has 0 aliphatic heterocycles. The number of alkyl carbamates (subject to hydrolysis) is 1. The van der Waals surface area contributed by atoms with Gasteiger partial charge in [0.05, 0.1) is 12.7 Å². The van der Waals surface area contributed by atoms with E-state index in [0.29, 0.717) is 19.4 Å². The lowest BCUT2D eigenvalue weighted by Crippen LogP contribution is -2.48. The third kappa shape index (κ3) is 8.19. The molecule has 0 saturated heterocycles. The largest absolute Gasteiger partial charge is 0.480 e. The fourth-order valence-corrected chi connectivity index (χ4v) is 5.44. The topological polar surface area (TPSA) is 114 Å². The van der Waals surface area contributed by atoms with Crippen LogP contribution in [0.1, 0.15) is 62.1 Å². The number of hydrogen-bond acceptors (Lipinski definition) is 5. The summed E-state index contributed by atoms with van der Waals surface area (Å²) in [7, 11) is 0. The van der Waals surface area contributed by atoms with Gasteiger partial charge in [-0.15, -0.1) is 0 Å². The van der Waals surface area contributed by atoms with Crippen LogP contribution in [-0.2, 0) is 25.7 Å². The number of carboxylic acids is 1. The van der Waals surface area contributed by atoms with E-state index in [4.69, 9.17) is 9.47 Å². The predicted octanol–water partition coefficient (Wildman–Crippen LogP) is 5.90. The van der Waals surface area contributed by atoms with E-state index in [-0.39, 0.29) is 37.4 Å². The molecule has 8 nitrogen and oxygen atoms in total. The molecule has 1 aliphatic carbocycles. The third-order valence-electron chi connectivity index (χ3n) is 7.93. The molecule has 2 amide bonds. The molecule has 0 heterocycles. The molecule has 3 aromatic carbocycles. The van der Waals surface area contributed by atoms with Crippen molar-refractivity contribution in [1.29, 1.82) is 0 Å². The zero-order valence-corrected chi connectivity index (χ0v) is 24.3. The van der Waals surface area contributed by atoms with Crippen LogP contribution in [0.3, 0.4) is 0 Å². The molecular weight excluding hydrogens is 532 g/mol. The number of aliphatic carboxylic acids is 1. The molecule has 3 N–H and O–H groups in total. The maximum Gasteiger partial charge on any atom is 0.407 e. The van der Waals surface area contributed by atoms with Crippen molar-refractivity contribution in [1.82, 2.24) is 10.6 Å². The molecular formula is C34H40N2O6. The second-order valence-corrected chi connectivity index (χ2v) is 10.7. The Bertz CT molecular complexity index is 1300. The van der Waals surface area contributed by atoms with E-state index in [9.17, 15) is 19.5 Å². The molecule has 4 rings (SSSR count). The molecule has 222 valence electrons. The normalized spacial score (nSPS) is 14.2. The standard InChI is InChI=1S/C34H40N2O6/c1-3-24(17-18-31(37)36-32(33(38)39)23(2)41-21-25-11-5-4-6-12-25)19-20-35-34(40)42-22-30-28-15-9-7-13-26(28)27-14-8-10-16-29(27)30/h4-16,23-24,30,32H,3,17-22H2,1-2H3,(H,35,40)(H,36,37)(H,38,39). The minimum absolute atomic E-state index is 0.00568. The summed E-state index contributed by atoms with van der Waals surface area (Å²) in [6.45, 7) is 4.63. The summed E-state index contributed by atoms with van der Waals surface area (Å²) in [6.07, 6.45) is 1.14. The van der Waals surface area contributed by atoms with Gasteiger partial charge in [-0.05, 0) is 53.5 Å². The van der Waals surface area contributed by atoms with Crippen LogP contribution in [0.5, 0.6) is 0 Å². The SMILES string of the molecule is CCC(CCNC(=O)OCC1c2ccccc2-c2ccccc21)CCC(=O)NC(C(=O)O)C(C)OCc1ccccc1. The first-order valence-corrected chi connectivity index (χ1v) is 14.6. The van der Waals surface area contributed by atoms with Crippen molar-refractivity contribution in [3.8, 4) is 11.1 Å². The Morgan fingerprint density at radius 2 is 1.50 bits per heavy atom. The summed E-state index contributed by atoms with van der Waals surface area (Å²) >= 11 is 0. The Kier molecular flexibility index (Phi) is 11.1. The Balaban J connectivity index is 1.17. The second kappa shape index (κ2) is 15.2. The minimum atomic E-state index is -1.14. The van der Waals surface area contributed by atoms with E-state index in [1.54, 1.807) is 6.92 Å². The molecule has 8 heteroatoms. The summed E-state index contributed by atoms with van der Waals surface area (Å²) in [6, 6.07) is 24.7. The highest BCUT2D eigenvalue weighted by molar-refractivity contribution is 5.84. The van der Waals surface area contributed by atoms with E-state index >= 15 is 0 Å². The molecule has 3 aromatic rings. The number of hydrogen-bond donors (Lipinski definition) is 3. The summed E-state index contributed by atoms with van der Waals surface area (Å²) in [4.78, 5) is 36.9. The van der Waals surface area contributed by atoms with Gasteiger partial charge in [0.25, 0.3) is 0 Å². The first-order valence-electron chi connectivity index (χ1n) is 14.6. The van der Waals surface area contributed by atoms with Crippen molar-refractivity contribution in [3.05, 3.63) is 95.6 Å². The second-order valence-electron chi connectivity index (χ2n) is 10.7. The van der Waals surface area contributed by atoms with Crippen LogP contribution in [0.15, 0.2) is 78.9 Å². The molecule has 0 spiro atoms.